The summed E-state index contributed by atoms with van der Waals surface area (Å²) in [6.45, 7) is 5.25. The van der Waals surface area contributed by atoms with Crippen LogP contribution in [0, 0.1) is 11.3 Å². The maximum absolute atomic E-state index is 5.60. The molecule has 0 amide bonds. The second-order valence-electron chi connectivity index (χ2n) is 6.55. The highest BCUT2D eigenvalue weighted by Crippen LogP contribution is 2.38. The number of likely N-dealkylation sites (tertiary alicyclic amines) is 1. The molecule has 1 aliphatic carbocycles. The quantitative estimate of drug-likeness (QED) is 0.445. The lowest BCUT2D eigenvalue weighted by molar-refractivity contribution is 0.156. The van der Waals surface area contributed by atoms with E-state index in [1.54, 1.807) is 0 Å². The minimum Gasteiger partial charge on any atom is -0.381 e. The fourth-order valence-corrected chi connectivity index (χ4v) is 3.87. The van der Waals surface area contributed by atoms with Gasteiger partial charge < -0.3 is 15.0 Å². The van der Waals surface area contributed by atoms with Gasteiger partial charge in [-0.3, -0.25) is 4.99 Å². The van der Waals surface area contributed by atoms with Crippen molar-refractivity contribution in [2.45, 2.75) is 38.5 Å². The third-order valence-corrected chi connectivity index (χ3v) is 5.16. The first kappa shape index (κ1) is 16.3. The van der Waals surface area contributed by atoms with Crippen LogP contribution in [0.1, 0.15) is 38.5 Å². The average molecular weight is 393 g/mol. The average Bonchev–Trinajstić information content (AvgIpc) is 3.15. The van der Waals surface area contributed by atoms with E-state index in [2.05, 4.69) is 15.2 Å². The fraction of sp³-hybridized carbons (Fsp3) is 0.933. The van der Waals surface area contributed by atoms with Gasteiger partial charge in [0.2, 0.25) is 0 Å². The first-order chi connectivity index (χ1) is 9.31. The number of rotatable bonds is 2. The smallest absolute Gasteiger partial charge is 0.193 e. The first-order valence-electron chi connectivity index (χ1n) is 7.85. The molecular formula is C15H28IN3O. The molecule has 2 saturated heterocycles. The van der Waals surface area contributed by atoms with Gasteiger partial charge in [-0.1, -0.05) is 12.8 Å². The van der Waals surface area contributed by atoms with Crippen molar-refractivity contribution in [2.24, 2.45) is 16.3 Å². The van der Waals surface area contributed by atoms with Crippen molar-refractivity contribution in [2.75, 3.05) is 39.9 Å². The molecule has 1 N–H and O–H groups in total. The van der Waals surface area contributed by atoms with E-state index in [-0.39, 0.29) is 24.0 Å². The Morgan fingerprint density at radius 2 is 2.15 bits per heavy atom. The molecule has 1 saturated carbocycles. The SMILES string of the molecule is CN=C(NCC1CCCC1)N1CCC2(CCOC2)C1.I. The molecule has 0 aromatic rings. The van der Waals surface area contributed by atoms with E-state index in [4.69, 9.17) is 4.74 Å². The van der Waals surface area contributed by atoms with Crippen LogP contribution in [0.2, 0.25) is 0 Å². The molecule has 3 rings (SSSR count). The molecule has 0 radical (unpaired) electrons. The van der Waals surface area contributed by atoms with Crippen LogP contribution in [0.5, 0.6) is 0 Å². The van der Waals surface area contributed by atoms with Crippen LogP contribution in [0.15, 0.2) is 4.99 Å². The van der Waals surface area contributed by atoms with Crippen LogP contribution < -0.4 is 5.32 Å². The van der Waals surface area contributed by atoms with Crippen LogP contribution in [0.25, 0.3) is 0 Å². The van der Waals surface area contributed by atoms with Crippen molar-refractivity contribution in [1.82, 2.24) is 10.2 Å². The van der Waals surface area contributed by atoms with E-state index < -0.39 is 0 Å². The van der Waals surface area contributed by atoms with Gasteiger partial charge in [0.1, 0.15) is 0 Å². The maximum atomic E-state index is 5.60. The monoisotopic (exact) mass is 393 g/mol. The zero-order valence-corrected chi connectivity index (χ0v) is 14.9. The third-order valence-electron chi connectivity index (χ3n) is 5.16. The molecule has 1 atom stereocenters. The number of halogens is 1. The Hall–Kier alpha value is -0.0400. The Morgan fingerprint density at radius 1 is 1.35 bits per heavy atom. The van der Waals surface area contributed by atoms with Gasteiger partial charge in [-0.25, -0.2) is 0 Å². The molecule has 116 valence electrons. The largest absolute Gasteiger partial charge is 0.381 e. The number of nitrogens with one attached hydrogen (secondary N) is 1. The zero-order valence-electron chi connectivity index (χ0n) is 12.6. The van der Waals surface area contributed by atoms with Gasteiger partial charge in [0.05, 0.1) is 6.61 Å². The molecule has 20 heavy (non-hydrogen) atoms. The standard InChI is InChI=1S/C15H27N3O.HI/c1-16-14(17-10-13-4-2-3-5-13)18-8-6-15(11-18)7-9-19-12-15;/h13H,2-12H2,1H3,(H,16,17);1H. The molecule has 5 heteroatoms. The van der Waals surface area contributed by atoms with Gasteiger partial charge in [-0.2, -0.15) is 0 Å². The summed E-state index contributed by atoms with van der Waals surface area (Å²) in [5.74, 6) is 1.97. The lowest BCUT2D eigenvalue weighted by atomic mass is 9.87. The Labute approximate surface area is 139 Å². The number of guanidine groups is 1. The lowest BCUT2D eigenvalue weighted by Crippen LogP contribution is -2.42. The highest BCUT2D eigenvalue weighted by atomic mass is 127. The predicted molar refractivity (Wildman–Crippen MR) is 92.8 cm³/mol. The summed E-state index contributed by atoms with van der Waals surface area (Å²) < 4.78 is 5.60. The highest BCUT2D eigenvalue weighted by Gasteiger charge is 2.42. The number of hydrogen-bond acceptors (Lipinski definition) is 2. The summed E-state index contributed by atoms with van der Waals surface area (Å²) in [5, 5.41) is 3.59. The van der Waals surface area contributed by atoms with E-state index in [0.717, 1.165) is 44.7 Å². The zero-order chi connectivity index (χ0) is 13.1. The molecule has 0 bridgehead atoms. The van der Waals surface area contributed by atoms with Crippen LogP contribution in [-0.2, 0) is 4.74 Å². The van der Waals surface area contributed by atoms with Gasteiger partial charge in [0.25, 0.3) is 0 Å². The molecule has 3 aliphatic rings. The van der Waals surface area contributed by atoms with E-state index in [1.807, 2.05) is 7.05 Å². The number of nitrogens with zero attached hydrogens (tertiary/aromatic N) is 2. The van der Waals surface area contributed by atoms with Crippen LogP contribution in [0.4, 0.5) is 0 Å². The second-order valence-corrected chi connectivity index (χ2v) is 6.55. The van der Waals surface area contributed by atoms with Crippen molar-refractivity contribution >= 4 is 29.9 Å². The van der Waals surface area contributed by atoms with E-state index >= 15 is 0 Å². The van der Waals surface area contributed by atoms with Crippen molar-refractivity contribution in [3.63, 3.8) is 0 Å². The lowest BCUT2D eigenvalue weighted by Gasteiger charge is -2.25. The summed E-state index contributed by atoms with van der Waals surface area (Å²) in [6.07, 6.45) is 8.09. The maximum Gasteiger partial charge on any atom is 0.193 e. The molecule has 0 aromatic heterocycles. The summed E-state index contributed by atoms with van der Waals surface area (Å²) in [6, 6.07) is 0. The Morgan fingerprint density at radius 3 is 2.80 bits per heavy atom. The summed E-state index contributed by atoms with van der Waals surface area (Å²) in [4.78, 5) is 6.91. The van der Waals surface area contributed by atoms with Crippen molar-refractivity contribution in [1.29, 1.82) is 0 Å². The topological polar surface area (TPSA) is 36.9 Å². The molecule has 4 nitrogen and oxygen atoms in total. The van der Waals surface area contributed by atoms with Crippen LogP contribution in [0.3, 0.4) is 0 Å². The minimum absolute atomic E-state index is 0. The van der Waals surface area contributed by atoms with Gasteiger partial charge >= 0.3 is 0 Å². The van der Waals surface area contributed by atoms with E-state index in [1.165, 1.54) is 38.5 Å². The van der Waals surface area contributed by atoms with Gasteiger partial charge in [-0.15, -0.1) is 24.0 Å². The van der Waals surface area contributed by atoms with Gasteiger partial charge in [0, 0.05) is 38.7 Å². The Kier molecular flexibility index (Phi) is 5.95. The first-order valence-corrected chi connectivity index (χ1v) is 7.85. The summed E-state index contributed by atoms with van der Waals surface area (Å²) >= 11 is 0. The van der Waals surface area contributed by atoms with Gasteiger partial charge in [-0.05, 0) is 31.6 Å². The number of hydrogen-bond donors (Lipinski definition) is 1. The molecular weight excluding hydrogens is 365 g/mol. The molecule has 0 aromatic carbocycles. The predicted octanol–water partition coefficient (Wildman–Crippen LogP) is 2.48. The Bertz CT molecular complexity index is 336. The van der Waals surface area contributed by atoms with Crippen LogP contribution >= 0.6 is 24.0 Å². The third kappa shape index (κ3) is 3.59. The van der Waals surface area contributed by atoms with E-state index in [9.17, 15) is 0 Å². The number of ether oxygens (including phenoxy) is 1. The molecule has 3 fully saturated rings. The normalized spacial score (nSPS) is 31.1. The molecule has 2 heterocycles. The summed E-state index contributed by atoms with van der Waals surface area (Å²) in [5.41, 5.74) is 0.422. The van der Waals surface area contributed by atoms with Crippen LogP contribution in [-0.4, -0.2) is 50.8 Å². The molecule has 1 unspecified atom stereocenters. The number of aliphatic imine (C=N–C) groups is 1. The molecule has 2 aliphatic heterocycles. The second kappa shape index (κ2) is 7.29. The fourth-order valence-electron chi connectivity index (χ4n) is 3.87. The Balaban J connectivity index is 0.00000147. The van der Waals surface area contributed by atoms with E-state index in [0.29, 0.717) is 5.41 Å². The highest BCUT2D eigenvalue weighted by molar-refractivity contribution is 14.0. The molecule has 1 spiro atoms. The van der Waals surface area contributed by atoms with Crippen molar-refractivity contribution in [3.05, 3.63) is 0 Å². The van der Waals surface area contributed by atoms with Gasteiger partial charge in [0.15, 0.2) is 5.96 Å². The minimum atomic E-state index is 0. The van der Waals surface area contributed by atoms with Crippen molar-refractivity contribution in [3.8, 4) is 0 Å². The summed E-state index contributed by atoms with van der Waals surface area (Å²) in [7, 11) is 1.91. The van der Waals surface area contributed by atoms with Crippen molar-refractivity contribution < 1.29 is 4.74 Å².